The van der Waals surface area contributed by atoms with E-state index in [9.17, 15) is 10.5 Å². The minimum Gasteiger partial charge on any atom is -0.192 e. The minimum absolute atomic E-state index is 0.634. The van der Waals surface area contributed by atoms with Gasteiger partial charge in [-0.3, -0.25) is 0 Å². The SMILES string of the molecule is Cc1ccc(C#N)cc1-c1c2cc3c4ccccc4c4cccc(c2c(-c2cc(C#N)ccc2C)c2c5ccc(-c6ccc7ccccc7c6)c6cccc(c12)c65)c43. The number of fused-ring (bicyclic) bond motifs is 9. The molecule has 12 aromatic carbocycles. The van der Waals surface area contributed by atoms with Gasteiger partial charge in [0, 0.05) is 0 Å². The molecule has 0 saturated carbocycles. The normalized spacial score (nSPS) is 11.9. The monoisotopic (exact) mass is 732 g/mol. The lowest BCUT2D eigenvalue weighted by Crippen LogP contribution is -1.95. The molecule has 0 atom stereocenters. The number of nitriles is 2. The van der Waals surface area contributed by atoms with Crippen LogP contribution in [0.1, 0.15) is 22.3 Å². The highest BCUT2D eigenvalue weighted by molar-refractivity contribution is 6.45. The molecule has 0 spiro atoms. The van der Waals surface area contributed by atoms with Gasteiger partial charge in [-0.05, 0) is 181 Å². The van der Waals surface area contributed by atoms with Crippen molar-refractivity contribution in [3.05, 3.63) is 180 Å². The molecule has 0 amide bonds. The lowest BCUT2D eigenvalue weighted by molar-refractivity contribution is 1.43. The standard InChI is InChI=1S/C56H32N2/c1-31-17-19-33(29-57)25-46(31)53-49-28-48-40-12-6-5-11-39(40)42-14-8-15-43(51(42)48)52(49)56(47-26-34(30-58)20-18-32(47)2)55-45-24-23-38(41-13-7-16-44(50(41)45)54(53)55)37-22-21-35-9-3-4-10-36(35)27-37/h3-28H,1-2H3. The van der Waals surface area contributed by atoms with Gasteiger partial charge in [-0.1, -0.05) is 121 Å². The molecule has 0 bridgehead atoms. The van der Waals surface area contributed by atoms with Crippen molar-refractivity contribution in [2.24, 2.45) is 0 Å². The van der Waals surface area contributed by atoms with Crippen LogP contribution in [-0.2, 0) is 0 Å². The Balaban J connectivity index is 1.38. The summed E-state index contributed by atoms with van der Waals surface area (Å²) in [5, 5.41) is 39.9. The Hall–Kier alpha value is -7.78. The van der Waals surface area contributed by atoms with Crippen LogP contribution in [0.5, 0.6) is 0 Å². The Kier molecular flexibility index (Phi) is 6.64. The van der Waals surface area contributed by atoms with E-state index in [0.29, 0.717) is 11.1 Å². The maximum absolute atomic E-state index is 10.3. The van der Waals surface area contributed by atoms with Gasteiger partial charge in [-0.25, -0.2) is 0 Å². The second-order valence-electron chi connectivity index (χ2n) is 15.9. The summed E-state index contributed by atoms with van der Waals surface area (Å²) in [4.78, 5) is 0. The zero-order chi connectivity index (χ0) is 38.8. The third kappa shape index (κ3) is 4.29. The van der Waals surface area contributed by atoms with Gasteiger partial charge in [-0.15, -0.1) is 0 Å². The number of hydrogen-bond donors (Lipinski definition) is 0. The van der Waals surface area contributed by atoms with Gasteiger partial charge in [0.05, 0.1) is 23.3 Å². The Bertz CT molecular complexity index is 3840. The van der Waals surface area contributed by atoms with E-state index in [2.05, 4.69) is 172 Å². The van der Waals surface area contributed by atoms with Crippen molar-refractivity contribution >= 4 is 86.2 Å². The summed E-state index contributed by atoms with van der Waals surface area (Å²) in [7, 11) is 0. The maximum atomic E-state index is 10.3. The van der Waals surface area contributed by atoms with E-state index in [1.54, 1.807) is 0 Å². The average Bonchev–Trinajstić information content (AvgIpc) is 3.78. The smallest absolute Gasteiger partial charge is 0.0991 e. The number of aryl methyl sites for hydroxylation is 2. The maximum Gasteiger partial charge on any atom is 0.0991 e. The van der Waals surface area contributed by atoms with Crippen molar-refractivity contribution in [1.82, 2.24) is 0 Å². The Morgan fingerprint density at radius 3 is 1.60 bits per heavy atom. The summed E-state index contributed by atoms with van der Waals surface area (Å²) in [6.45, 7) is 4.33. The fourth-order valence-electron chi connectivity index (χ4n) is 10.3. The van der Waals surface area contributed by atoms with Crippen molar-refractivity contribution in [2.75, 3.05) is 0 Å². The molecule has 0 aliphatic carbocycles. The highest BCUT2D eigenvalue weighted by atomic mass is 14.3. The van der Waals surface area contributed by atoms with Crippen LogP contribution < -0.4 is 0 Å². The van der Waals surface area contributed by atoms with Crippen LogP contribution in [0.25, 0.3) is 120 Å². The molecule has 0 N–H and O–H groups in total. The van der Waals surface area contributed by atoms with E-state index in [1.165, 1.54) is 91.9 Å². The van der Waals surface area contributed by atoms with E-state index in [0.717, 1.165) is 38.8 Å². The molecule has 0 aromatic heterocycles. The zero-order valence-corrected chi connectivity index (χ0v) is 31.9. The van der Waals surface area contributed by atoms with Crippen LogP contribution in [-0.4, -0.2) is 0 Å². The molecular formula is C56H32N2. The minimum atomic E-state index is 0.634. The summed E-state index contributed by atoms with van der Waals surface area (Å²) in [5.41, 5.74) is 10.3. The van der Waals surface area contributed by atoms with E-state index >= 15 is 0 Å². The van der Waals surface area contributed by atoms with Gasteiger partial charge in [0.2, 0.25) is 0 Å². The topological polar surface area (TPSA) is 47.6 Å². The van der Waals surface area contributed by atoms with Crippen LogP contribution in [0.4, 0.5) is 0 Å². The van der Waals surface area contributed by atoms with Crippen LogP contribution in [0, 0.1) is 36.5 Å². The third-order valence-electron chi connectivity index (χ3n) is 12.8. The fraction of sp³-hybridized carbons (Fsp3) is 0.0357. The van der Waals surface area contributed by atoms with Crippen LogP contribution in [0.15, 0.2) is 158 Å². The van der Waals surface area contributed by atoms with Crippen molar-refractivity contribution in [3.8, 4) is 45.5 Å². The molecule has 0 aliphatic rings. The molecule has 2 heteroatoms. The molecule has 12 aromatic rings. The summed E-state index contributed by atoms with van der Waals surface area (Å²) in [6.07, 6.45) is 0. The van der Waals surface area contributed by atoms with Crippen molar-refractivity contribution in [3.63, 3.8) is 0 Å². The fourth-order valence-corrected chi connectivity index (χ4v) is 10.3. The van der Waals surface area contributed by atoms with Gasteiger partial charge in [-0.2, -0.15) is 10.5 Å². The quantitative estimate of drug-likeness (QED) is 0.170. The summed E-state index contributed by atoms with van der Waals surface area (Å²) in [5.74, 6) is 0. The molecule has 0 heterocycles. The molecule has 58 heavy (non-hydrogen) atoms. The van der Waals surface area contributed by atoms with Gasteiger partial charge >= 0.3 is 0 Å². The van der Waals surface area contributed by atoms with Crippen LogP contribution in [0.3, 0.4) is 0 Å². The first kappa shape index (κ1) is 32.5. The van der Waals surface area contributed by atoms with Crippen LogP contribution >= 0.6 is 0 Å². The number of rotatable bonds is 3. The second kappa shape index (κ2) is 11.9. The van der Waals surface area contributed by atoms with E-state index in [-0.39, 0.29) is 0 Å². The van der Waals surface area contributed by atoms with Gasteiger partial charge in [0.1, 0.15) is 0 Å². The lowest BCUT2D eigenvalue weighted by Gasteiger charge is -2.21. The van der Waals surface area contributed by atoms with Gasteiger partial charge < -0.3 is 0 Å². The predicted octanol–water partition coefficient (Wildman–Crippen LogP) is 15.1. The predicted molar refractivity (Wildman–Crippen MR) is 244 cm³/mol. The van der Waals surface area contributed by atoms with Gasteiger partial charge in [0.15, 0.2) is 0 Å². The Morgan fingerprint density at radius 1 is 0.328 bits per heavy atom. The molecule has 0 radical (unpaired) electrons. The Morgan fingerprint density at radius 2 is 0.879 bits per heavy atom. The summed E-state index contributed by atoms with van der Waals surface area (Å²) >= 11 is 0. The van der Waals surface area contributed by atoms with E-state index in [4.69, 9.17) is 0 Å². The molecule has 0 saturated heterocycles. The lowest BCUT2D eigenvalue weighted by atomic mass is 9.81. The van der Waals surface area contributed by atoms with E-state index in [1.807, 2.05) is 12.1 Å². The highest BCUT2D eigenvalue weighted by Crippen LogP contribution is 2.56. The second-order valence-corrected chi connectivity index (χ2v) is 15.9. The van der Waals surface area contributed by atoms with Crippen molar-refractivity contribution in [2.45, 2.75) is 13.8 Å². The van der Waals surface area contributed by atoms with E-state index < -0.39 is 0 Å². The average molecular weight is 733 g/mol. The molecule has 0 aliphatic heterocycles. The van der Waals surface area contributed by atoms with Crippen LogP contribution in [0.2, 0.25) is 0 Å². The van der Waals surface area contributed by atoms with Gasteiger partial charge in [0.25, 0.3) is 0 Å². The largest absolute Gasteiger partial charge is 0.192 e. The van der Waals surface area contributed by atoms with Crippen molar-refractivity contribution < 1.29 is 0 Å². The molecule has 12 rings (SSSR count). The summed E-state index contributed by atoms with van der Waals surface area (Å²) in [6, 6.07) is 61.8. The zero-order valence-electron chi connectivity index (χ0n) is 31.9. The first-order valence-corrected chi connectivity index (χ1v) is 19.8. The first-order chi connectivity index (χ1) is 28.5. The highest BCUT2D eigenvalue weighted by Gasteiger charge is 2.28. The molecule has 0 fully saturated rings. The number of hydrogen-bond acceptors (Lipinski definition) is 2. The number of benzene rings is 10. The number of nitrogens with zero attached hydrogens (tertiary/aromatic N) is 2. The molecule has 2 nitrogen and oxygen atoms in total. The first-order valence-electron chi connectivity index (χ1n) is 19.8. The summed E-state index contributed by atoms with van der Waals surface area (Å²) < 4.78 is 0. The van der Waals surface area contributed by atoms with Crippen molar-refractivity contribution in [1.29, 1.82) is 10.5 Å². The molecule has 0 unspecified atom stereocenters. The molecular weight excluding hydrogens is 701 g/mol. The Labute approximate surface area is 334 Å². The molecule has 266 valence electrons. The third-order valence-corrected chi connectivity index (χ3v) is 12.8.